The van der Waals surface area contributed by atoms with Gasteiger partial charge in [0.1, 0.15) is 0 Å². The fourth-order valence-corrected chi connectivity index (χ4v) is 3.09. The van der Waals surface area contributed by atoms with Gasteiger partial charge in [-0.05, 0) is 28.8 Å². The molecule has 0 radical (unpaired) electrons. The van der Waals surface area contributed by atoms with Crippen LogP contribution < -0.4 is 5.32 Å². The predicted octanol–water partition coefficient (Wildman–Crippen LogP) is 2.19. The second kappa shape index (κ2) is 7.16. The third-order valence-electron chi connectivity index (χ3n) is 2.65. The van der Waals surface area contributed by atoms with Crippen LogP contribution in [0.5, 0.6) is 0 Å². The van der Waals surface area contributed by atoms with Gasteiger partial charge in [0.05, 0.1) is 5.01 Å². The van der Waals surface area contributed by atoms with E-state index in [0.29, 0.717) is 19.4 Å². The van der Waals surface area contributed by atoms with E-state index < -0.39 is 5.97 Å². The zero-order valence-electron chi connectivity index (χ0n) is 10.7. The highest BCUT2D eigenvalue weighted by molar-refractivity contribution is 7.09. The molecule has 106 valence electrons. The van der Waals surface area contributed by atoms with Crippen LogP contribution in [0.2, 0.25) is 0 Å². The number of hydrogen-bond donors (Lipinski definition) is 2. The maximum Gasteiger partial charge on any atom is 0.355 e. The lowest BCUT2D eigenvalue weighted by atomic mass is 10.2. The van der Waals surface area contributed by atoms with Crippen LogP contribution in [0.25, 0.3) is 0 Å². The molecule has 0 saturated heterocycles. The minimum atomic E-state index is -1.02. The molecule has 2 aromatic rings. The lowest BCUT2D eigenvalue weighted by molar-refractivity contribution is -0.121. The first kappa shape index (κ1) is 14.7. The molecule has 2 aromatic heterocycles. The van der Waals surface area contributed by atoms with Crippen LogP contribution in [0.3, 0.4) is 0 Å². The van der Waals surface area contributed by atoms with Gasteiger partial charge >= 0.3 is 5.97 Å². The van der Waals surface area contributed by atoms with Crippen molar-refractivity contribution in [3.05, 3.63) is 38.5 Å². The predicted molar refractivity (Wildman–Crippen MR) is 78.4 cm³/mol. The van der Waals surface area contributed by atoms with Crippen molar-refractivity contribution >= 4 is 34.6 Å². The highest BCUT2D eigenvalue weighted by Gasteiger charge is 2.08. The fraction of sp³-hybridized carbons (Fsp3) is 0.308. The Balaban J connectivity index is 1.67. The summed E-state index contributed by atoms with van der Waals surface area (Å²) in [4.78, 5) is 26.3. The minimum Gasteiger partial charge on any atom is -0.476 e. The van der Waals surface area contributed by atoms with Crippen molar-refractivity contribution < 1.29 is 14.7 Å². The molecule has 0 atom stereocenters. The van der Waals surface area contributed by atoms with Crippen LogP contribution in [0.4, 0.5) is 0 Å². The van der Waals surface area contributed by atoms with Crippen LogP contribution >= 0.6 is 22.7 Å². The number of amides is 1. The summed E-state index contributed by atoms with van der Waals surface area (Å²) in [5, 5.41) is 17.8. The lowest BCUT2D eigenvalue weighted by Crippen LogP contribution is -2.25. The molecular formula is C13H14N2O3S2. The Bertz CT molecular complexity index is 578. The van der Waals surface area contributed by atoms with Gasteiger partial charge in [0.15, 0.2) is 5.69 Å². The van der Waals surface area contributed by atoms with Gasteiger partial charge in [0.25, 0.3) is 0 Å². The van der Waals surface area contributed by atoms with Gasteiger partial charge in [0, 0.05) is 24.8 Å². The summed E-state index contributed by atoms with van der Waals surface area (Å²) in [5.41, 5.74) is 1.24. The Labute approximate surface area is 124 Å². The number of thiophene rings is 1. The molecule has 0 unspecified atom stereocenters. The van der Waals surface area contributed by atoms with Gasteiger partial charge in [-0.15, -0.1) is 11.3 Å². The summed E-state index contributed by atoms with van der Waals surface area (Å²) < 4.78 is 0. The van der Waals surface area contributed by atoms with Crippen molar-refractivity contribution in [2.24, 2.45) is 0 Å². The zero-order chi connectivity index (χ0) is 14.4. The number of carboxylic acids is 1. The number of hydrogen-bond acceptors (Lipinski definition) is 5. The van der Waals surface area contributed by atoms with Crippen molar-refractivity contribution in [3.63, 3.8) is 0 Å². The van der Waals surface area contributed by atoms with Gasteiger partial charge in [0.2, 0.25) is 5.91 Å². The fourth-order valence-electron chi connectivity index (χ4n) is 1.61. The molecule has 0 fully saturated rings. The summed E-state index contributed by atoms with van der Waals surface area (Å²) in [7, 11) is 0. The van der Waals surface area contributed by atoms with Crippen LogP contribution in [0.1, 0.15) is 27.5 Å². The number of thiazole rings is 1. The average molecular weight is 310 g/mol. The molecule has 0 saturated carbocycles. The molecule has 2 heterocycles. The number of carbonyl (C=O) groups is 2. The first-order valence-electron chi connectivity index (χ1n) is 6.10. The second-order valence-corrected chi connectivity index (χ2v) is 5.89. The van der Waals surface area contributed by atoms with E-state index in [1.165, 1.54) is 22.3 Å². The minimum absolute atomic E-state index is 0.00575. The molecule has 0 spiro atoms. The van der Waals surface area contributed by atoms with Crippen molar-refractivity contribution in [3.8, 4) is 0 Å². The van der Waals surface area contributed by atoms with Gasteiger partial charge in [-0.3, -0.25) is 4.79 Å². The normalized spacial score (nSPS) is 10.4. The van der Waals surface area contributed by atoms with E-state index in [-0.39, 0.29) is 11.6 Å². The van der Waals surface area contributed by atoms with Gasteiger partial charge in [-0.1, -0.05) is 0 Å². The number of aromatic nitrogens is 1. The summed E-state index contributed by atoms with van der Waals surface area (Å²) in [6.07, 6.45) is 1.77. The monoisotopic (exact) mass is 310 g/mol. The highest BCUT2D eigenvalue weighted by Crippen LogP contribution is 2.10. The average Bonchev–Trinajstić information content (AvgIpc) is 3.07. The largest absolute Gasteiger partial charge is 0.476 e. The van der Waals surface area contributed by atoms with Crippen LogP contribution in [0.15, 0.2) is 22.2 Å². The van der Waals surface area contributed by atoms with Crippen molar-refractivity contribution in [2.75, 3.05) is 6.54 Å². The second-order valence-electron chi connectivity index (χ2n) is 4.16. The number of rotatable bonds is 7. The van der Waals surface area contributed by atoms with Gasteiger partial charge in [-0.25, -0.2) is 9.78 Å². The molecule has 7 heteroatoms. The van der Waals surface area contributed by atoms with E-state index >= 15 is 0 Å². The van der Waals surface area contributed by atoms with Gasteiger partial charge < -0.3 is 10.4 Å². The first-order chi connectivity index (χ1) is 9.65. The molecular weight excluding hydrogens is 296 g/mol. The van der Waals surface area contributed by atoms with E-state index in [0.717, 1.165) is 11.4 Å². The van der Waals surface area contributed by atoms with Crippen molar-refractivity contribution in [1.29, 1.82) is 0 Å². The van der Waals surface area contributed by atoms with E-state index in [9.17, 15) is 9.59 Å². The number of nitrogens with one attached hydrogen (secondary N) is 1. The molecule has 5 nitrogen and oxygen atoms in total. The van der Waals surface area contributed by atoms with E-state index in [4.69, 9.17) is 5.11 Å². The Morgan fingerprint density at radius 3 is 2.80 bits per heavy atom. The maximum absolute atomic E-state index is 11.6. The van der Waals surface area contributed by atoms with E-state index in [2.05, 4.69) is 10.3 Å². The molecule has 2 rings (SSSR count). The molecule has 20 heavy (non-hydrogen) atoms. The number of carbonyl (C=O) groups excluding carboxylic acids is 1. The third-order valence-corrected chi connectivity index (χ3v) is 4.29. The van der Waals surface area contributed by atoms with Crippen molar-refractivity contribution in [2.45, 2.75) is 19.3 Å². The first-order valence-corrected chi connectivity index (χ1v) is 7.93. The topological polar surface area (TPSA) is 79.3 Å². The number of aromatic carboxylic acids is 1. The Hall–Kier alpha value is -1.73. The third kappa shape index (κ3) is 4.43. The molecule has 0 aromatic carbocycles. The number of nitrogens with zero attached hydrogens (tertiary/aromatic N) is 1. The Morgan fingerprint density at radius 2 is 2.15 bits per heavy atom. The molecule has 1 amide bonds. The van der Waals surface area contributed by atoms with Gasteiger partial charge in [-0.2, -0.15) is 11.3 Å². The zero-order valence-corrected chi connectivity index (χ0v) is 12.3. The SMILES string of the molecule is O=C(CCc1ccsc1)NCCc1nc(C(=O)O)cs1. The summed E-state index contributed by atoms with van der Waals surface area (Å²) >= 11 is 2.92. The van der Waals surface area contributed by atoms with Crippen LogP contribution in [-0.2, 0) is 17.6 Å². The molecule has 0 aliphatic carbocycles. The highest BCUT2D eigenvalue weighted by atomic mass is 32.1. The molecule has 0 aliphatic heterocycles. The summed E-state index contributed by atoms with van der Waals surface area (Å²) in [6.45, 7) is 0.481. The molecule has 0 aliphatic rings. The standard InChI is InChI=1S/C13H14N2O3S2/c16-11(2-1-9-4-6-19-7-9)14-5-3-12-15-10(8-20-12)13(17)18/h4,6-8H,1-3,5H2,(H,14,16)(H,17,18). The number of carboxylic acid groups (broad SMARTS) is 1. The van der Waals surface area contributed by atoms with Crippen LogP contribution in [-0.4, -0.2) is 28.5 Å². The van der Waals surface area contributed by atoms with E-state index in [1.54, 1.807) is 11.3 Å². The molecule has 2 N–H and O–H groups in total. The van der Waals surface area contributed by atoms with Crippen LogP contribution in [0, 0.1) is 0 Å². The Kier molecular flexibility index (Phi) is 5.25. The summed E-state index contributed by atoms with van der Waals surface area (Å²) in [6, 6.07) is 2.01. The van der Waals surface area contributed by atoms with E-state index in [1.807, 2.05) is 16.8 Å². The smallest absolute Gasteiger partial charge is 0.355 e. The quantitative estimate of drug-likeness (QED) is 0.821. The number of aryl methyl sites for hydroxylation is 1. The summed E-state index contributed by atoms with van der Waals surface area (Å²) in [5.74, 6) is -1.02. The molecule has 0 bridgehead atoms. The lowest BCUT2D eigenvalue weighted by Gasteiger charge is -2.03. The van der Waals surface area contributed by atoms with Crippen molar-refractivity contribution in [1.82, 2.24) is 10.3 Å². The Morgan fingerprint density at radius 1 is 1.30 bits per heavy atom. The maximum atomic E-state index is 11.6.